The number of aryl methyl sites for hydroxylation is 4. The van der Waals surface area contributed by atoms with E-state index in [0.29, 0.717) is 48.6 Å². The van der Waals surface area contributed by atoms with Crippen molar-refractivity contribution in [2.75, 3.05) is 45.0 Å². The first kappa shape index (κ1) is 31.1. The van der Waals surface area contributed by atoms with E-state index in [0.717, 1.165) is 41.9 Å². The molecule has 1 amide bonds. The van der Waals surface area contributed by atoms with Gasteiger partial charge in [-0.15, -0.1) is 5.10 Å². The van der Waals surface area contributed by atoms with Gasteiger partial charge >= 0.3 is 0 Å². The number of carbonyl (C=O) groups excluding carboxylic acids is 1. The summed E-state index contributed by atoms with van der Waals surface area (Å²) in [4.78, 5) is 24.3. The molecule has 0 bridgehead atoms. The second-order valence-electron chi connectivity index (χ2n) is 11.1. The molecule has 2 aromatic heterocycles. The van der Waals surface area contributed by atoms with Crippen LogP contribution in [-0.2, 0) is 21.2 Å². The van der Waals surface area contributed by atoms with Crippen LogP contribution in [0.5, 0.6) is 0 Å². The number of hydrogen-bond acceptors (Lipinski definition) is 8. The molecule has 0 radical (unpaired) electrons. The predicted octanol–water partition coefficient (Wildman–Crippen LogP) is 3.55. The van der Waals surface area contributed by atoms with Gasteiger partial charge in [-0.3, -0.25) is 4.79 Å². The molecule has 0 aliphatic carbocycles. The van der Waals surface area contributed by atoms with Crippen LogP contribution in [0.4, 0.5) is 0 Å². The van der Waals surface area contributed by atoms with E-state index in [1.54, 1.807) is 21.0 Å². The van der Waals surface area contributed by atoms with Crippen molar-refractivity contribution in [1.82, 2.24) is 34.1 Å². The topological polar surface area (TPSA) is 113 Å². The van der Waals surface area contributed by atoms with Crippen molar-refractivity contribution in [1.29, 1.82) is 0 Å². The average Bonchev–Trinajstić information content (AvgIpc) is 3.23. The third kappa shape index (κ3) is 7.61. The van der Waals surface area contributed by atoms with E-state index in [1.807, 2.05) is 32.9 Å². The van der Waals surface area contributed by atoms with E-state index < -0.39 is 10.0 Å². The number of carbonyl (C=O) groups is 1. The maximum absolute atomic E-state index is 13.1. The molecule has 1 aliphatic rings. The van der Waals surface area contributed by atoms with Gasteiger partial charge in [0.1, 0.15) is 0 Å². The molecule has 10 nitrogen and oxygen atoms in total. The normalized spacial score (nSPS) is 15.1. The van der Waals surface area contributed by atoms with Gasteiger partial charge in [0, 0.05) is 50.5 Å². The van der Waals surface area contributed by atoms with Crippen LogP contribution in [0.3, 0.4) is 0 Å². The molecule has 3 heterocycles. The summed E-state index contributed by atoms with van der Waals surface area (Å²) >= 11 is 1.29. The number of aromatic nitrogens is 4. The molecule has 0 atom stereocenters. The zero-order valence-electron chi connectivity index (χ0n) is 25.2. The van der Waals surface area contributed by atoms with Crippen LogP contribution < -0.4 is 5.32 Å². The van der Waals surface area contributed by atoms with Gasteiger partial charge in [-0.05, 0) is 63.9 Å². The van der Waals surface area contributed by atoms with Crippen LogP contribution in [0.25, 0.3) is 5.78 Å². The molecule has 43 heavy (non-hydrogen) atoms. The summed E-state index contributed by atoms with van der Waals surface area (Å²) in [6, 6.07) is 15.5. The highest BCUT2D eigenvalue weighted by atomic mass is 32.2. The van der Waals surface area contributed by atoms with Gasteiger partial charge in [0.05, 0.1) is 10.6 Å². The number of sulfonamides is 1. The molecule has 1 saturated heterocycles. The quantitative estimate of drug-likeness (QED) is 0.268. The summed E-state index contributed by atoms with van der Waals surface area (Å²) in [6.45, 7) is 11.5. The van der Waals surface area contributed by atoms with Crippen molar-refractivity contribution < 1.29 is 13.2 Å². The Kier molecular flexibility index (Phi) is 9.80. The first-order valence-corrected chi connectivity index (χ1v) is 17.0. The van der Waals surface area contributed by atoms with Crippen LogP contribution in [0.15, 0.2) is 58.6 Å². The SMILES string of the molecule is Cc1ccc(Cc2c(C)nc3nc(SCC(=O)NCCN4CCCN(S(=O)(=O)c5ccc(C)cc5)CC4)nn3c2C)cc1. The highest BCUT2D eigenvalue weighted by Gasteiger charge is 2.26. The lowest BCUT2D eigenvalue weighted by Gasteiger charge is -2.22. The van der Waals surface area contributed by atoms with E-state index in [-0.39, 0.29) is 11.7 Å². The Hall–Kier alpha value is -3.32. The van der Waals surface area contributed by atoms with Gasteiger partial charge in [-0.25, -0.2) is 17.9 Å². The lowest BCUT2D eigenvalue weighted by atomic mass is 10.0. The van der Waals surface area contributed by atoms with E-state index in [2.05, 4.69) is 56.5 Å². The number of amides is 1. The molecule has 5 rings (SSSR count). The van der Waals surface area contributed by atoms with Gasteiger partial charge in [0.2, 0.25) is 21.1 Å². The second-order valence-corrected chi connectivity index (χ2v) is 14.0. The Balaban J connectivity index is 1.09. The van der Waals surface area contributed by atoms with Crippen molar-refractivity contribution in [2.24, 2.45) is 0 Å². The van der Waals surface area contributed by atoms with Crippen molar-refractivity contribution in [3.05, 3.63) is 82.2 Å². The Bertz CT molecular complexity index is 1690. The Labute approximate surface area is 258 Å². The zero-order chi connectivity index (χ0) is 30.6. The van der Waals surface area contributed by atoms with Crippen molar-refractivity contribution >= 4 is 33.5 Å². The fraction of sp³-hybridized carbons (Fsp3) is 0.419. The molecular formula is C31H39N7O3S2. The van der Waals surface area contributed by atoms with Crippen LogP contribution in [0.1, 0.15) is 40.1 Å². The van der Waals surface area contributed by atoms with Crippen LogP contribution >= 0.6 is 11.8 Å². The molecule has 1 N–H and O–H groups in total. The van der Waals surface area contributed by atoms with Crippen LogP contribution in [0.2, 0.25) is 0 Å². The molecule has 0 spiro atoms. The smallest absolute Gasteiger partial charge is 0.253 e. The van der Waals surface area contributed by atoms with Crippen molar-refractivity contribution in [2.45, 2.75) is 50.6 Å². The molecule has 2 aromatic carbocycles. The first-order valence-electron chi connectivity index (χ1n) is 14.6. The van der Waals surface area contributed by atoms with Crippen molar-refractivity contribution in [3.8, 4) is 0 Å². The predicted molar refractivity (Wildman–Crippen MR) is 169 cm³/mol. The minimum atomic E-state index is -3.51. The van der Waals surface area contributed by atoms with Gasteiger partial charge in [0.15, 0.2) is 0 Å². The fourth-order valence-electron chi connectivity index (χ4n) is 5.22. The maximum atomic E-state index is 13.1. The third-order valence-electron chi connectivity index (χ3n) is 7.82. The van der Waals surface area contributed by atoms with Gasteiger partial charge < -0.3 is 10.2 Å². The Morgan fingerprint density at radius 2 is 1.60 bits per heavy atom. The maximum Gasteiger partial charge on any atom is 0.253 e. The second kappa shape index (κ2) is 13.5. The highest BCUT2D eigenvalue weighted by Crippen LogP contribution is 2.21. The third-order valence-corrected chi connectivity index (χ3v) is 10.6. The molecule has 1 fully saturated rings. The van der Waals surface area contributed by atoms with Gasteiger partial charge in [0.25, 0.3) is 5.78 Å². The van der Waals surface area contributed by atoms with E-state index in [9.17, 15) is 13.2 Å². The lowest BCUT2D eigenvalue weighted by Crippen LogP contribution is -2.38. The highest BCUT2D eigenvalue weighted by molar-refractivity contribution is 7.99. The van der Waals surface area contributed by atoms with E-state index in [1.165, 1.54) is 22.9 Å². The summed E-state index contributed by atoms with van der Waals surface area (Å²) in [6.07, 6.45) is 1.51. The van der Waals surface area contributed by atoms with Crippen LogP contribution in [0, 0.1) is 27.7 Å². The molecule has 0 saturated carbocycles. The standard InChI is InChI=1S/C31H39N7O3S2/c1-22-6-10-26(11-7-22)20-28-24(3)33-30-34-31(35-38(30)25(28)4)42-21-29(39)32-14-17-36-15-5-16-37(19-18-36)43(40,41)27-12-8-23(2)9-13-27/h6-13H,5,14-21H2,1-4H3,(H,32,39). The van der Waals surface area contributed by atoms with Gasteiger partial charge in [-0.2, -0.15) is 9.29 Å². The number of benzene rings is 2. The molecule has 1 aliphatic heterocycles. The minimum absolute atomic E-state index is 0.0943. The zero-order valence-corrected chi connectivity index (χ0v) is 26.8. The number of rotatable bonds is 10. The summed E-state index contributed by atoms with van der Waals surface area (Å²) < 4.78 is 29.5. The van der Waals surface area contributed by atoms with Gasteiger partial charge in [-0.1, -0.05) is 59.3 Å². The molecule has 12 heteroatoms. The molecule has 4 aromatic rings. The number of hydrogen-bond donors (Lipinski definition) is 1. The fourth-order valence-corrected chi connectivity index (χ4v) is 7.34. The number of nitrogens with zero attached hydrogens (tertiary/aromatic N) is 6. The molecule has 0 unspecified atom stereocenters. The number of fused-ring (bicyclic) bond motifs is 1. The van der Waals surface area contributed by atoms with E-state index in [4.69, 9.17) is 0 Å². The Morgan fingerprint density at radius 3 is 2.33 bits per heavy atom. The lowest BCUT2D eigenvalue weighted by molar-refractivity contribution is -0.118. The summed E-state index contributed by atoms with van der Waals surface area (Å²) in [5.41, 5.74) is 6.52. The molecular weight excluding hydrogens is 583 g/mol. The Morgan fingerprint density at radius 1 is 0.907 bits per heavy atom. The van der Waals surface area contributed by atoms with E-state index >= 15 is 0 Å². The minimum Gasteiger partial charge on any atom is -0.354 e. The summed E-state index contributed by atoms with van der Waals surface area (Å²) in [5, 5.41) is 8.11. The summed E-state index contributed by atoms with van der Waals surface area (Å²) in [7, 11) is -3.51. The number of thioether (sulfide) groups is 1. The average molecular weight is 622 g/mol. The van der Waals surface area contributed by atoms with Crippen LogP contribution in [-0.4, -0.2) is 88.1 Å². The first-order chi connectivity index (χ1) is 20.6. The van der Waals surface area contributed by atoms with Crippen molar-refractivity contribution in [3.63, 3.8) is 0 Å². The largest absolute Gasteiger partial charge is 0.354 e. The monoisotopic (exact) mass is 621 g/mol. The molecule has 228 valence electrons. The number of nitrogens with one attached hydrogen (secondary N) is 1. The summed E-state index contributed by atoms with van der Waals surface area (Å²) in [5.74, 6) is 0.640.